The number of hydrogen-bond donors (Lipinski definition) is 3. The summed E-state index contributed by atoms with van der Waals surface area (Å²) in [6, 6.07) is 7.73. The molecular weight excluding hydrogens is 180 g/mol. The summed E-state index contributed by atoms with van der Waals surface area (Å²) in [4.78, 5) is 0. The average Bonchev–Trinajstić information content (AvgIpc) is 2.62. The zero-order chi connectivity index (χ0) is 9.97. The standard InChI is InChI=1S/C10H12N2O2/c11-10(12-13)5-7-6-14-9-4-2-1-3-8(7)9/h1-4,6,10,12-13H,5,11H2/t10-/m1/s1. The van der Waals surface area contributed by atoms with Gasteiger partial charge in [0.25, 0.3) is 0 Å². The monoisotopic (exact) mass is 192 g/mol. The van der Waals surface area contributed by atoms with Crippen molar-refractivity contribution in [3.05, 3.63) is 36.1 Å². The fourth-order valence-electron chi connectivity index (χ4n) is 1.47. The highest BCUT2D eigenvalue weighted by molar-refractivity contribution is 5.80. The molecule has 0 bridgehead atoms. The van der Waals surface area contributed by atoms with Gasteiger partial charge < -0.3 is 15.4 Å². The molecule has 0 saturated heterocycles. The van der Waals surface area contributed by atoms with Crippen molar-refractivity contribution in [3.8, 4) is 0 Å². The van der Waals surface area contributed by atoms with E-state index in [2.05, 4.69) is 0 Å². The van der Waals surface area contributed by atoms with E-state index >= 15 is 0 Å². The zero-order valence-corrected chi connectivity index (χ0v) is 7.60. The normalized spacial score (nSPS) is 13.3. The van der Waals surface area contributed by atoms with Crippen LogP contribution in [0.5, 0.6) is 0 Å². The van der Waals surface area contributed by atoms with Crippen LogP contribution in [0.25, 0.3) is 11.0 Å². The van der Waals surface area contributed by atoms with Crippen LogP contribution in [0, 0.1) is 0 Å². The van der Waals surface area contributed by atoms with Gasteiger partial charge in [-0.2, -0.15) is 5.48 Å². The molecule has 0 aliphatic heterocycles. The van der Waals surface area contributed by atoms with E-state index < -0.39 is 6.17 Å². The quantitative estimate of drug-likeness (QED) is 0.505. The van der Waals surface area contributed by atoms with Crippen LogP contribution >= 0.6 is 0 Å². The molecule has 4 nitrogen and oxygen atoms in total. The lowest BCUT2D eigenvalue weighted by Crippen LogP contribution is -2.36. The Hall–Kier alpha value is -1.36. The molecule has 0 fully saturated rings. The first-order chi connectivity index (χ1) is 6.81. The second-order valence-corrected chi connectivity index (χ2v) is 3.20. The minimum absolute atomic E-state index is 0.462. The first kappa shape index (κ1) is 9.21. The van der Waals surface area contributed by atoms with Crippen LogP contribution in [-0.2, 0) is 6.42 Å². The Morgan fingerprint density at radius 2 is 2.21 bits per heavy atom. The van der Waals surface area contributed by atoms with Gasteiger partial charge in [0.1, 0.15) is 5.58 Å². The van der Waals surface area contributed by atoms with Gasteiger partial charge in [-0.3, -0.25) is 0 Å². The van der Waals surface area contributed by atoms with E-state index in [9.17, 15) is 0 Å². The van der Waals surface area contributed by atoms with E-state index in [1.165, 1.54) is 0 Å². The summed E-state index contributed by atoms with van der Waals surface area (Å²) in [5.41, 5.74) is 9.39. The number of hydrogen-bond acceptors (Lipinski definition) is 4. The number of nitrogens with one attached hydrogen (secondary N) is 1. The summed E-state index contributed by atoms with van der Waals surface area (Å²) in [5.74, 6) is 0. The van der Waals surface area contributed by atoms with Crippen molar-refractivity contribution < 1.29 is 9.62 Å². The zero-order valence-electron chi connectivity index (χ0n) is 7.60. The molecule has 0 unspecified atom stereocenters. The maximum absolute atomic E-state index is 8.60. The number of fused-ring (bicyclic) bond motifs is 1. The van der Waals surface area contributed by atoms with Crippen molar-refractivity contribution in [3.63, 3.8) is 0 Å². The maximum Gasteiger partial charge on any atom is 0.134 e. The van der Waals surface area contributed by atoms with Crippen LogP contribution in [0.3, 0.4) is 0 Å². The molecule has 0 aliphatic rings. The Labute approximate surface area is 81.3 Å². The van der Waals surface area contributed by atoms with Gasteiger partial charge in [0.15, 0.2) is 0 Å². The molecule has 14 heavy (non-hydrogen) atoms. The molecule has 74 valence electrons. The molecule has 1 aromatic carbocycles. The van der Waals surface area contributed by atoms with E-state index in [1.807, 2.05) is 29.7 Å². The van der Waals surface area contributed by atoms with Crippen LogP contribution in [0.15, 0.2) is 34.9 Å². The molecule has 0 amide bonds. The number of benzene rings is 1. The summed E-state index contributed by atoms with van der Waals surface area (Å²) in [7, 11) is 0. The van der Waals surface area contributed by atoms with Crippen LogP contribution in [0.2, 0.25) is 0 Å². The van der Waals surface area contributed by atoms with Crippen LogP contribution in [-0.4, -0.2) is 11.4 Å². The fraction of sp³-hybridized carbons (Fsp3) is 0.200. The SMILES string of the molecule is N[C@@H](Cc1coc2ccccc12)NO. The van der Waals surface area contributed by atoms with E-state index in [4.69, 9.17) is 15.4 Å². The number of furan rings is 1. The highest BCUT2D eigenvalue weighted by Gasteiger charge is 2.08. The minimum atomic E-state index is -0.462. The highest BCUT2D eigenvalue weighted by atomic mass is 16.5. The van der Waals surface area contributed by atoms with Crippen molar-refractivity contribution in [1.82, 2.24) is 5.48 Å². The summed E-state index contributed by atoms with van der Waals surface area (Å²) in [6.07, 6.45) is 1.74. The number of nitrogens with two attached hydrogens (primary N) is 1. The van der Waals surface area contributed by atoms with Crippen molar-refractivity contribution in [2.75, 3.05) is 0 Å². The number of hydroxylamine groups is 1. The fourth-order valence-corrected chi connectivity index (χ4v) is 1.47. The van der Waals surface area contributed by atoms with Gasteiger partial charge in [-0.1, -0.05) is 18.2 Å². The Morgan fingerprint density at radius 1 is 1.43 bits per heavy atom. The van der Waals surface area contributed by atoms with E-state index in [0.29, 0.717) is 6.42 Å². The third-order valence-corrected chi connectivity index (χ3v) is 2.17. The smallest absolute Gasteiger partial charge is 0.134 e. The van der Waals surface area contributed by atoms with Crippen LogP contribution < -0.4 is 11.2 Å². The van der Waals surface area contributed by atoms with Crippen molar-refractivity contribution >= 4 is 11.0 Å². The Balaban J connectivity index is 2.33. The van der Waals surface area contributed by atoms with Gasteiger partial charge in [0.2, 0.25) is 0 Å². The first-order valence-electron chi connectivity index (χ1n) is 4.41. The Kier molecular flexibility index (Phi) is 2.49. The largest absolute Gasteiger partial charge is 0.464 e. The van der Waals surface area contributed by atoms with Gasteiger partial charge in [-0.05, 0) is 6.07 Å². The Morgan fingerprint density at radius 3 is 3.00 bits per heavy atom. The molecule has 0 spiro atoms. The average molecular weight is 192 g/mol. The number of para-hydroxylation sites is 1. The van der Waals surface area contributed by atoms with E-state index in [0.717, 1.165) is 16.5 Å². The highest BCUT2D eigenvalue weighted by Crippen LogP contribution is 2.21. The van der Waals surface area contributed by atoms with Crippen LogP contribution in [0.4, 0.5) is 0 Å². The third kappa shape index (κ3) is 1.63. The predicted molar refractivity (Wildman–Crippen MR) is 52.8 cm³/mol. The first-order valence-corrected chi connectivity index (χ1v) is 4.41. The minimum Gasteiger partial charge on any atom is -0.464 e. The summed E-state index contributed by atoms with van der Waals surface area (Å²) >= 11 is 0. The number of rotatable bonds is 3. The summed E-state index contributed by atoms with van der Waals surface area (Å²) in [5, 5.41) is 9.64. The lowest BCUT2D eigenvalue weighted by atomic mass is 10.1. The second-order valence-electron chi connectivity index (χ2n) is 3.20. The molecule has 0 saturated carbocycles. The summed E-state index contributed by atoms with van der Waals surface area (Å²) in [6.45, 7) is 0. The molecular formula is C10H12N2O2. The molecule has 4 heteroatoms. The lowest BCUT2D eigenvalue weighted by molar-refractivity contribution is 0.128. The molecule has 1 heterocycles. The topological polar surface area (TPSA) is 71.4 Å². The van der Waals surface area contributed by atoms with Gasteiger partial charge >= 0.3 is 0 Å². The van der Waals surface area contributed by atoms with Gasteiger partial charge in [-0.15, -0.1) is 0 Å². The van der Waals surface area contributed by atoms with Crippen LogP contribution in [0.1, 0.15) is 5.56 Å². The van der Waals surface area contributed by atoms with Gasteiger partial charge in [0.05, 0.1) is 12.4 Å². The molecule has 2 rings (SSSR count). The van der Waals surface area contributed by atoms with E-state index in [-0.39, 0.29) is 0 Å². The summed E-state index contributed by atoms with van der Waals surface area (Å²) < 4.78 is 5.33. The molecule has 0 aliphatic carbocycles. The lowest BCUT2D eigenvalue weighted by Gasteiger charge is -2.06. The van der Waals surface area contributed by atoms with Gasteiger partial charge in [-0.25, -0.2) is 0 Å². The van der Waals surface area contributed by atoms with Gasteiger partial charge in [0, 0.05) is 17.4 Å². The second kappa shape index (κ2) is 3.79. The van der Waals surface area contributed by atoms with Crippen molar-refractivity contribution in [1.29, 1.82) is 0 Å². The molecule has 1 aromatic heterocycles. The van der Waals surface area contributed by atoms with Crippen molar-refractivity contribution in [2.24, 2.45) is 5.73 Å². The molecule has 4 N–H and O–H groups in total. The molecule has 2 aromatic rings. The van der Waals surface area contributed by atoms with Crippen molar-refractivity contribution in [2.45, 2.75) is 12.6 Å². The predicted octanol–water partition coefficient (Wildman–Crippen LogP) is 1.24. The maximum atomic E-state index is 8.60. The molecule has 0 radical (unpaired) electrons. The Bertz CT molecular complexity index is 425. The third-order valence-electron chi connectivity index (χ3n) is 2.17. The molecule has 1 atom stereocenters. The van der Waals surface area contributed by atoms with E-state index in [1.54, 1.807) is 6.26 Å².